The van der Waals surface area contributed by atoms with Crippen molar-refractivity contribution in [3.63, 3.8) is 0 Å². The highest BCUT2D eigenvalue weighted by atomic mass is 16.7. The molecule has 186 valence electrons. The first-order valence-corrected chi connectivity index (χ1v) is 13.0. The molecule has 35 heavy (non-hydrogen) atoms. The number of rotatable bonds is 5. The second-order valence-corrected chi connectivity index (χ2v) is 10.7. The zero-order chi connectivity index (χ0) is 24.6. The van der Waals surface area contributed by atoms with Gasteiger partial charge in [0.1, 0.15) is 0 Å². The lowest BCUT2D eigenvalue weighted by Crippen LogP contribution is -2.45. The van der Waals surface area contributed by atoms with Gasteiger partial charge in [0, 0.05) is 26.0 Å². The minimum absolute atomic E-state index is 0.153. The van der Waals surface area contributed by atoms with Gasteiger partial charge in [-0.15, -0.1) is 0 Å². The molecule has 5 atom stereocenters. The van der Waals surface area contributed by atoms with E-state index in [1.54, 1.807) is 11.8 Å². The quantitative estimate of drug-likeness (QED) is 0.337. The smallest absolute Gasteiger partial charge is 0.381 e. The number of amides is 1. The van der Waals surface area contributed by atoms with Crippen molar-refractivity contribution in [1.82, 2.24) is 5.32 Å². The van der Waals surface area contributed by atoms with Crippen molar-refractivity contribution >= 4 is 18.1 Å². The maximum atomic E-state index is 12.2. The molecule has 0 radical (unpaired) electrons. The number of methoxy groups -OCH3 is 1. The lowest BCUT2D eigenvalue weighted by atomic mass is 9.53. The summed E-state index contributed by atoms with van der Waals surface area (Å²) in [5.41, 5.74) is 6.69. The van der Waals surface area contributed by atoms with Gasteiger partial charge in [0.2, 0.25) is 0 Å². The summed E-state index contributed by atoms with van der Waals surface area (Å²) in [6.07, 6.45) is 10.3. The van der Waals surface area contributed by atoms with Crippen LogP contribution in [0.2, 0.25) is 0 Å². The number of nitrogens with zero attached hydrogens (tertiary/aromatic N) is 1. The Kier molecular flexibility index (Phi) is 6.67. The van der Waals surface area contributed by atoms with Crippen LogP contribution in [0.25, 0.3) is 0 Å². The molecular formula is C29H36N2O4. The number of oxime groups is 1. The van der Waals surface area contributed by atoms with Crippen LogP contribution in [0.3, 0.4) is 0 Å². The van der Waals surface area contributed by atoms with Gasteiger partial charge in [-0.05, 0) is 91.0 Å². The van der Waals surface area contributed by atoms with Gasteiger partial charge < -0.3 is 10.1 Å². The van der Waals surface area contributed by atoms with Crippen molar-refractivity contribution in [3.8, 4) is 0 Å². The molecule has 1 amide bonds. The van der Waals surface area contributed by atoms with E-state index in [0.717, 1.165) is 37.7 Å². The molecule has 2 fully saturated rings. The largest absolute Gasteiger partial charge is 0.433 e. The Bertz CT molecular complexity index is 1090. The summed E-state index contributed by atoms with van der Waals surface area (Å²) >= 11 is 0. The molecule has 0 aliphatic heterocycles. The zero-order valence-electron chi connectivity index (χ0n) is 21.0. The van der Waals surface area contributed by atoms with E-state index in [-0.39, 0.29) is 11.2 Å². The number of ether oxygens (including phenoxy) is 1. The van der Waals surface area contributed by atoms with Crippen LogP contribution in [0.4, 0.5) is 4.79 Å². The second-order valence-electron chi connectivity index (χ2n) is 10.7. The standard InChI is InChI=1S/C29H36N2O4/c1-4-30-28(33)35-31-17-18-5-7-19(8-6-18)24-16-29(2)25(13-14-26(29)34-3)23-11-9-20-15-21(32)10-12-22(20)27(23)24/h5-8,15,17,23-26H,4,9-14,16H2,1-3H3,(H,30,33)/b31-17+/t23?,24-,25?,26+,29+/m1/s1. The Labute approximate surface area is 207 Å². The van der Waals surface area contributed by atoms with Gasteiger partial charge in [-0.3, -0.25) is 9.63 Å². The normalized spacial score (nSPS) is 32.1. The van der Waals surface area contributed by atoms with Gasteiger partial charge in [0.05, 0.1) is 12.3 Å². The van der Waals surface area contributed by atoms with Crippen LogP contribution < -0.4 is 5.32 Å². The van der Waals surface area contributed by atoms with Crippen molar-refractivity contribution in [2.75, 3.05) is 13.7 Å². The van der Waals surface area contributed by atoms with Crippen LogP contribution in [0.15, 0.2) is 52.2 Å². The summed E-state index contributed by atoms with van der Waals surface area (Å²) in [6.45, 7) is 4.77. The SMILES string of the molecule is CCNC(=O)O/N=C/c1ccc([C@H]2C[C@@]3(C)C(CC[C@@H]3OC)C3CCC4=CC(=O)CCC4=C32)cc1. The predicted octanol–water partition coefficient (Wildman–Crippen LogP) is 5.68. The highest BCUT2D eigenvalue weighted by Gasteiger charge is 2.56. The zero-order valence-corrected chi connectivity index (χ0v) is 21.0. The monoisotopic (exact) mass is 476 g/mol. The van der Waals surface area contributed by atoms with E-state index in [1.165, 1.54) is 23.1 Å². The van der Waals surface area contributed by atoms with Gasteiger partial charge >= 0.3 is 6.09 Å². The molecule has 0 heterocycles. The number of hydrogen-bond acceptors (Lipinski definition) is 5. The van der Waals surface area contributed by atoms with Crippen molar-refractivity contribution in [1.29, 1.82) is 0 Å². The average molecular weight is 477 g/mol. The Morgan fingerprint density at radius 2 is 1.97 bits per heavy atom. The summed E-state index contributed by atoms with van der Waals surface area (Å²) in [6, 6.07) is 8.46. The first-order valence-electron chi connectivity index (χ1n) is 13.0. The number of allylic oxidation sites excluding steroid dienone is 4. The van der Waals surface area contributed by atoms with Crippen molar-refractivity contribution in [2.24, 2.45) is 22.4 Å². The molecular weight excluding hydrogens is 440 g/mol. The predicted molar refractivity (Wildman–Crippen MR) is 135 cm³/mol. The van der Waals surface area contributed by atoms with E-state index in [2.05, 4.69) is 29.5 Å². The third kappa shape index (κ3) is 4.37. The number of carbonyl (C=O) groups excluding carboxylic acids is 2. The molecule has 4 aliphatic rings. The van der Waals surface area contributed by atoms with Gasteiger partial charge in [-0.1, -0.05) is 41.9 Å². The second kappa shape index (κ2) is 9.73. The molecule has 1 aromatic carbocycles. The van der Waals surface area contributed by atoms with E-state index in [4.69, 9.17) is 9.57 Å². The van der Waals surface area contributed by atoms with Gasteiger partial charge in [-0.2, -0.15) is 0 Å². The molecule has 0 bridgehead atoms. The Morgan fingerprint density at radius 1 is 1.17 bits per heavy atom. The number of hydrogen-bond donors (Lipinski definition) is 1. The number of nitrogens with one attached hydrogen (secondary N) is 1. The van der Waals surface area contributed by atoms with Crippen LogP contribution in [0.1, 0.15) is 75.8 Å². The van der Waals surface area contributed by atoms with Crippen LogP contribution in [0.5, 0.6) is 0 Å². The molecule has 5 rings (SSSR count). The van der Waals surface area contributed by atoms with Crippen LogP contribution >= 0.6 is 0 Å². The molecule has 6 heteroatoms. The van der Waals surface area contributed by atoms with E-state index in [9.17, 15) is 9.59 Å². The van der Waals surface area contributed by atoms with Crippen molar-refractivity contribution < 1.29 is 19.2 Å². The Balaban J connectivity index is 1.48. The molecule has 1 aromatic rings. The minimum Gasteiger partial charge on any atom is -0.381 e. The number of benzene rings is 1. The third-order valence-corrected chi connectivity index (χ3v) is 8.93. The van der Waals surface area contributed by atoms with Crippen LogP contribution in [-0.2, 0) is 14.4 Å². The minimum atomic E-state index is -0.554. The highest BCUT2D eigenvalue weighted by Crippen LogP contribution is 2.64. The topological polar surface area (TPSA) is 77.0 Å². The molecule has 0 saturated heterocycles. The summed E-state index contributed by atoms with van der Waals surface area (Å²) in [5, 5.41) is 6.35. The Hall–Kier alpha value is -2.73. The van der Waals surface area contributed by atoms with Gasteiger partial charge in [0.25, 0.3) is 0 Å². The average Bonchev–Trinajstić information content (AvgIpc) is 3.19. The fourth-order valence-corrected chi connectivity index (χ4v) is 7.43. The molecule has 2 unspecified atom stereocenters. The lowest BCUT2D eigenvalue weighted by molar-refractivity contribution is -0.114. The van der Waals surface area contributed by atoms with Crippen LogP contribution in [-0.4, -0.2) is 37.8 Å². The molecule has 2 saturated carbocycles. The summed E-state index contributed by atoms with van der Waals surface area (Å²) in [4.78, 5) is 28.5. The van der Waals surface area contributed by atoms with Crippen LogP contribution in [0, 0.1) is 17.3 Å². The van der Waals surface area contributed by atoms with Gasteiger partial charge in [0.15, 0.2) is 5.78 Å². The number of ketones is 1. The lowest BCUT2D eigenvalue weighted by Gasteiger charge is -2.52. The molecule has 1 N–H and O–H groups in total. The molecule has 4 aliphatic carbocycles. The maximum absolute atomic E-state index is 12.2. The summed E-state index contributed by atoms with van der Waals surface area (Å²) in [5.74, 6) is 1.80. The number of fused-ring (bicyclic) bond motifs is 4. The van der Waals surface area contributed by atoms with Gasteiger partial charge in [-0.25, -0.2) is 4.79 Å². The maximum Gasteiger partial charge on any atom is 0.433 e. The molecule has 0 spiro atoms. The fourth-order valence-electron chi connectivity index (χ4n) is 7.43. The summed E-state index contributed by atoms with van der Waals surface area (Å²) < 4.78 is 6.03. The summed E-state index contributed by atoms with van der Waals surface area (Å²) in [7, 11) is 1.87. The van der Waals surface area contributed by atoms with E-state index in [1.807, 2.05) is 32.2 Å². The molecule has 6 nitrogen and oxygen atoms in total. The number of carbonyl (C=O) groups is 2. The van der Waals surface area contributed by atoms with E-state index in [0.29, 0.717) is 36.8 Å². The first kappa shape index (κ1) is 24.0. The van der Waals surface area contributed by atoms with Crippen molar-refractivity contribution in [3.05, 3.63) is 58.2 Å². The fraction of sp³-hybridized carbons (Fsp3) is 0.552. The first-order chi connectivity index (χ1) is 16.9. The van der Waals surface area contributed by atoms with E-state index >= 15 is 0 Å². The Morgan fingerprint density at radius 3 is 2.71 bits per heavy atom. The third-order valence-electron chi connectivity index (χ3n) is 8.93. The van der Waals surface area contributed by atoms with Crippen molar-refractivity contribution in [2.45, 2.75) is 70.8 Å². The highest BCUT2D eigenvalue weighted by molar-refractivity contribution is 5.93. The van der Waals surface area contributed by atoms with E-state index < -0.39 is 6.09 Å². The molecule has 0 aromatic heterocycles.